The zero-order valence-corrected chi connectivity index (χ0v) is 10.6. The van der Waals surface area contributed by atoms with Gasteiger partial charge in [-0.05, 0) is 37.3 Å². The maximum atomic E-state index is 6.04. The molecule has 1 saturated carbocycles. The van der Waals surface area contributed by atoms with E-state index in [1.54, 1.807) is 7.11 Å². The summed E-state index contributed by atoms with van der Waals surface area (Å²) in [5.41, 5.74) is 6.61. The van der Waals surface area contributed by atoms with E-state index in [9.17, 15) is 0 Å². The van der Waals surface area contributed by atoms with Crippen LogP contribution in [0.5, 0.6) is 11.5 Å². The molecule has 0 radical (unpaired) electrons. The molecule has 0 bridgehead atoms. The summed E-state index contributed by atoms with van der Waals surface area (Å²) < 4.78 is 11.2. The van der Waals surface area contributed by atoms with Crippen molar-refractivity contribution >= 4 is 5.69 Å². The summed E-state index contributed by atoms with van der Waals surface area (Å²) in [6.07, 6.45) is 5.22. The second-order valence-corrected chi connectivity index (χ2v) is 4.82. The Balaban J connectivity index is 2.11. The number of nitrogens with two attached hydrogens (primary N) is 1. The van der Waals surface area contributed by atoms with Crippen molar-refractivity contribution < 1.29 is 9.47 Å². The van der Waals surface area contributed by atoms with Gasteiger partial charge in [0, 0.05) is 6.07 Å². The van der Waals surface area contributed by atoms with Gasteiger partial charge in [0.25, 0.3) is 0 Å². The molecule has 0 spiro atoms. The highest BCUT2D eigenvalue weighted by atomic mass is 16.5. The summed E-state index contributed by atoms with van der Waals surface area (Å²) in [5.74, 6) is 2.15. The number of nitrogen functional groups attached to an aromatic ring is 1. The summed E-state index contributed by atoms with van der Waals surface area (Å²) in [7, 11) is 1.65. The maximum absolute atomic E-state index is 6.04. The third-order valence-electron chi connectivity index (χ3n) is 3.53. The topological polar surface area (TPSA) is 44.5 Å². The summed E-state index contributed by atoms with van der Waals surface area (Å²) in [5, 5.41) is 0. The molecule has 2 atom stereocenters. The lowest BCUT2D eigenvalue weighted by atomic mass is 9.88. The maximum Gasteiger partial charge on any atom is 0.146 e. The van der Waals surface area contributed by atoms with E-state index in [2.05, 4.69) is 6.92 Å². The molecule has 1 aliphatic carbocycles. The van der Waals surface area contributed by atoms with Gasteiger partial charge in [0.05, 0.1) is 12.8 Å². The molecule has 2 N–H and O–H groups in total. The number of methoxy groups -OCH3 is 1. The molecule has 0 aliphatic heterocycles. The molecule has 0 aromatic heterocycles. The van der Waals surface area contributed by atoms with Crippen molar-refractivity contribution in [3.63, 3.8) is 0 Å². The van der Waals surface area contributed by atoms with Crippen molar-refractivity contribution in [2.24, 2.45) is 5.92 Å². The van der Waals surface area contributed by atoms with Crippen molar-refractivity contribution in [1.82, 2.24) is 0 Å². The quantitative estimate of drug-likeness (QED) is 0.818. The SMILES string of the molecule is COc1ccc(N)c(OC2CCCCC2C)c1. The van der Waals surface area contributed by atoms with E-state index in [1.165, 1.54) is 19.3 Å². The van der Waals surface area contributed by atoms with Crippen molar-refractivity contribution in [2.75, 3.05) is 12.8 Å². The van der Waals surface area contributed by atoms with Gasteiger partial charge in [0.2, 0.25) is 0 Å². The number of ether oxygens (including phenoxy) is 2. The lowest BCUT2D eigenvalue weighted by molar-refractivity contribution is 0.103. The van der Waals surface area contributed by atoms with Gasteiger partial charge >= 0.3 is 0 Å². The second-order valence-electron chi connectivity index (χ2n) is 4.82. The number of hydrogen-bond donors (Lipinski definition) is 1. The van der Waals surface area contributed by atoms with Crippen LogP contribution < -0.4 is 15.2 Å². The first-order valence-corrected chi connectivity index (χ1v) is 6.31. The number of benzene rings is 1. The number of rotatable bonds is 3. The molecular formula is C14H21NO2. The third-order valence-corrected chi connectivity index (χ3v) is 3.53. The normalized spacial score (nSPS) is 24.4. The predicted molar refractivity (Wildman–Crippen MR) is 69.5 cm³/mol. The zero-order chi connectivity index (χ0) is 12.3. The number of hydrogen-bond acceptors (Lipinski definition) is 3. The Morgan fingerprint density at radius 1 is 1.24 bits per heavy atom. The fraction of sp³-hybridized carbons (Fsp3) is 0.571. The highest BCUT2D eigenvalue weighted by molar-refractivity contribution is 5.55. The molecule has 3 heteroatoms. The van der Waals surface area contributed by atoms with Crippen LogP contribution in [0.1, 0.15) is 32.6 Å². The van der Waals surface area contributed by atoms with Gasteiger partial charge in [-0.1, -0.05) is 13.3 Å². The second kappa shape index (κ2) is 5.30. The Morgan fingerprint density at radius 2 is 2.00 bits per heavy atom. The van der Waals surface area contributed by atoms with Crippen LogP contribution in [0.25, 0.3) is 0 Å². The molecule has 17 heavy (non-hydrogen) atoms. The minimum Gasteiger partial charge on any atom is -0.497 e. The van der Waals surface area contributed by atoms with E-state index in [4.69, 9.17) is 15.2 Å². The smallest absolute Gasteiger partial charge is 0.146 e. The van der Waals surface area contributed by atoms with Gasteiger partial charge < -0.3 is 15.2 Å². The van der Waals surface area contributed by atoms with E-state index in [1.807, 2.05) is 18.2 Å². The Labute approximate surface area is 103 Å². The van der Waals surface area contributed by atoms with Crippen LogP contribution in [0.2, 0.25) is 0 Å². The monoisotopic (exact) mass is 235 g/mol. The first kappa shape index (κ1) is 12.1. The fourth-order valence-electron chi connectivity index (χ4n) is 2.36. The molecule has 2 rings (SSSR count). The lowest BCUT2D eigenvalue weighted by Crippen LogP contribution is -2.28. The predicted octanol–water partition coefficient (Wildman–Crippen LogP) is 3.23. The molecule has 1 aromatic rings. The van der Waals surface area contributed by atoms with Crippen LogP contribution in [0.15, 0.2) is 18.2 Å². The molecule has 0 heterocycles. The van der Waals surface area contributed by atoms with Gasteiger partial charge in [-0.2, -0.15) is 0 Å². The van der Waals surface area contributed by atoms with Crippen molar-refractivity contribution in [3.8, 4) is 11.5 Å². The minimum absolute atomic E-state index is 0.290. The summed E-state index contributed by atoms with van der Waals surface area (Å²) in [6.45, 7) is 2.25. The molecule has 0 amide bonds. The third kappa shape index (κ3) is 2.84. The molecule has 0 saturated heterocycles. The van der Waals surface area contributed by atoms with Gasteiger partial charge in [0.1, 0.15) is 17.6 Å². The van der Waals surface area contributed by atoms with Crippen LogP contribution in [0, 0.1) is 5.92 Å². The van der Waals surface area contributed by atoms with Crippen LogP contribution in [0.4, 0.5) is 5.69 Å². The Kier molecular flexibility index (Phi) is 3.77. The van der Waals surface area contributed by atoms with E-state index in [0.29, 0.717) is 11.6 Å². The number of anilines is 1. The Bertz CT molecular complexity index is 378. The standard InChI is InChI=1S/C14H21NO2/c1-10-5-3-4-6-13(10)17-14-9-11(16-2)7-8-12(14)15/h7-10,13H,3-6,15H2,1-2H3. The molecule has 1 fully saturated rings. The van der Waals surface area contributed by atoms with Crippen LogP contribution in [0.3, 0.4) is 0 Å². The summed E-state index contributed by atoms with van der Waals surface area (Å²) >= 11 is 0. The van der Waals surface area contributed by atoms with E-state index in [0.717, 1.165) is 17.9 Å². The highest BCUT2D eigenvalue weighted by Crippen LogP contribution is 2.32. The first-order chi connectivity index (χ1) is 8.20. The average Bonchev–Trinajstić information content (AvgIpc) is 2.35. The largest absolute Gasteiger partial charge is 0.497 e. The molecule has 1 aromatic carbocycles. The minimum atomic E-state index is 0.290. The van der Waals surface area contributed by atoms with Gasteiger partial charge in [-0.3, -0.25) is 0 Å². The van der Waals surface area contributed by atoms with Crippen molar-refractivity contribution in [1.29, 1.82) is 0 Å². The molecule has 3 nitrogen and oxygen atoms in total. The Morgan fingerprint density at radius 3 is 2.71 bits per heavy atom. The van der Waals surface area contributed by atoms with Crippen LogP contribution >= 0.6 is 0 Å². The average molecular weight is 235 g/mol. The van der Waals surface area contributed by atoms with Gasteiger partial charge in [-0.15, -0.1) is 0 Å². The molecular weight excluding hydrogens is 214 g/mol. The summed E-state index contributed by atoms with van der Waals surface area (Å²) in [4.78, 5) is 0. The lowest BCUT2D eigenvalue weighted by Gasteiger charge is -2.29. The summed E-state index contributed by atoms with van der Waals surface area (Å²) in [6, 6.07) is 5.56. The van der Waals surface area contributed by atoms with Crippen LogP contribution in [-0.2, 0) is 0 Å². The zero-order valence-electron chi connectivity index (χ0n) is 10.6. The van der Waals surface area contributed by atoms with Crippen LogP contribution in [-0.4, -0.2) is 13.2 Å². The van der Waals surface area contributed by atoms with Gasteiger partial charge in [-0.25, -0.2) is 0 Å². The fourth-order valence-corrected chi connectivity index (χ4v) is 2.36. The van der Waals surface area contributed by atoms with Gasteiger partial charge in [0.15, 0.2) is 0 Å². The molecule has 2 unspecified atom stereocenters. The molecule has 1 aliphatic rings. The Hall–Kier alpha value is -1.38. The highest BCUT2D eigenvalue weighted by Gasteiger charge is 2.23. The molecule has 94 valence electrons. The van der Waals surface area contributed by atoms with Crippen molar-refractivity contribution in [3.05, 3.63) is 18.2 Å². The van der Waals surface area contributed by atoms with E-state index >= 15 is 0 Å². The first-order valence-electron chi connectivity index (χ1n) is 6.31. The van der Waals surface area contributed by atoms with E-state index < -0.39 is 0 Å². The van der Waals surface area contributed by atoms with Crippen molar-refractivity contribution in [2.45, 2.75) is 38.7 Å². The van der Waals surface area contributed by atoms with E-state index in [-0.39, 0.29) is 6.10 Å².